The number of fused-ring (bicyclic) bond motifs is 1. The molecular weight excluding hydrogens is 469 g/mol. The lowest BCUT2D eigenvalue weighted by atomic mass is 10.0. The van der Waals surface area contributed by atoms with Gasteiger partial charge in [0.2, 0.25) is 5.88 Å². The fraction of sp³-hybridized carbons (Fsp3) is 0.364. The SMILES string of the molecule is COCCOc1cnc2c(Nc3ccc(F)c(C[C@](C)(CF)S/C(N)=N\CF)c3)nccc2n1. The van der Waals surface area contributed by atoms with Gasteiger partial charge in [-0.15, -0.1) is 0 Å². The Kier molecular flexibility index (Phi) is 8.88. The van der Waals surface area contributed by atoms with E-state index in [2.05, 4.69) is 25.3 Å². The molecule has 0 spiro atoms. The number of amidine groups is 1. The molecule has 8 nitrogen and oxygen atoms in total. The van der Waals surface area contributed by atoms with E-state index in [4.69, 9.17) is 15.2 Å². The van der Waals surface area contributed by atoms with Gasteiger partial charge in [-0.05, 0) is 43.2 Å². The van der Waals surface area contributed by atoms with Crippen molar-refractivity contribution in [2.75, 3.05) is 39.1 Å². The molecule has 3 N–H and O–H groups in total. The Bertz CT molecular complexity index is 1150. The van der Waals surface area contributed by atoms with Crippen LogP contribution in [-0.4, -0.2) is 58.7 Å². The third kappa shape index (κ3) is 6.70. The zero-order chi connectivity index (χ0) is 24.6. The number of aromatic nitrogens is 3. The van der Waals surface area contributed by atoms with E-state index in [1.807, 2.05) is 0 Å². The molecule has 3 aromatic rings. The lowest BCUT2D eigenvalue weighted by Crippen LogP contribution is -2.30. The van der Waals surface area contributed by atoms with Gasteiger partial charge in [-0.2, -0.15) is 0 Å². The molecule has 0 fully saturated rings. The molecule has 12 heteroatoms. The summed E-state index contributed by atoms with van der Waals surface area (Å²) >= 11 is 0.870. The first-order chi connectivity index (χ1) is 16.4. The molecule has 0 bridgehead atoms. The zero-order valence-electron chi connectivity index (χ0n) is 18.7. The monoisotopic (exact) mass is 494 g/mol. The minimum absolute atomic E-state index is 0.00295. The summed E-state index contributed by atoms with van der Waals surface area (Å²) in [6.45, 7) is 0.521. The van der Waals surface area contributed by atoms with E-state index in [-0.39, 0.29) is 17.2 Å². The number of anilines is 2. The highest BCUT2D eigenvalue weighted by molar-refractivity contribution is 8.15. The van der Waals surface area contributed by atoms with Crippen LogP contribution in [0.15, 0.2) is 41.7 Å². The number of hydrogen-bond acceptors (Lipinski definition) is 8. The average Bonchev–Trinajstić information content (AvgIpc) is 2.81. The van der Waals surface area contributed by atoms with Crippen LogP contribution in [0.4, 0.5) is 24.7 Å². The summed E-state index contributed by atoms with van der Waals surface area (Å²) in [6.07, 6.45) is 3.05. The molecule has 0 radical (unpaired) electrons. The summed E-state index contributed by atoms with van der Waals surface area (Å²) in [5, 5.41) is 3.02. The van der Waals surface area contributed by atoms with Gasteiger partial charge in [0, 0.05) is 19.0 Å². The van der Waals surface area contributed by atoms with Crippen LogP contribution in [0.5, 0.6) is 5.88 Å². The molecule has 1 aromatic carbocycles. The van der Waals surface area contributed by atoms with E-state index < -0.39 is 24.0 Å². The summed E-state index contributed by atoms with van der Waals surface area (Å²) in [5.41, 5.74) is 7.46. The molecule has 0 unspecified atom stereocenters. The third-order valence-electron chi connectivity index (χ3n) is 4.70. The number of alkyl halides is 2. The van der Waals surface area contributed by atoms with Gasteiger partial charge in [0.1, 0.15) is 24.6 Å². The van der Waals surface area contributed by atoms with Crippen molar-refractivity contribution < 1.29 is 22.6 Å². The maximum absolute atomic E-state index is 14.5. The van der Waals surface area contributed by atoms with Crippen molar-refractivity contribution in [1.82, 2.24) is 15.0 Å². The molecule has 3 rings (SSSR count). The maximum Gasteiger partial charge on any atom is 0.232 e. The Morgan fingerprint density at radius 3 is 2.79 bits per heavy atom. The van der Waals surface area contributed by atoms with E-state index in [1.54, 1.807) is 32.4 Å². The lowest BCUT2D eigenvalue weighted by molar-refractivity contribution is 0.143. The van der Waals surface area contributed by atoms with Gasteiger partial charge in [0.05, 0.1) is 23.1 Å². The quantitative estimate of drug-likeness (QED) is 0.177. The van der Waals surface area contributed by atoms with Gasteiger partial charge in [-0.1, -0.05) is 11.8 Å². The Morgan fingerprint density at radius 1 is 1.24 bits per heavy atom. The van der Waals surface area contributed by atoms with Crippen LogP contribution in [-0.2, 0) is 11.2 Å². The molecule has 182 valence electrons. The highest BCUT2D eigenvalue weighted by Crippen LogP contribution is 2.32. The van der Waals surface area contributed by atoms with Crippen molar-refractivity contribution >= 4 is 39.5 Å². The number of methoxy groups -OCH3 is 1. The maximum atomic E-state index is 14.5. The number of benzene rings is 1. The average molecular weight is 495 g/mol. The van der Waals surface area contributed by atoms with Crippen molar-refractivity contribution in [1.29, 1.82) is 0 Å². The van der Waals surface area contributed by atoms with E-state index >= 15 is 0 Å². The number of rotatable bonds is 11. The molecule has 0 saturated carbocycles. The first-order valence-electron chi connectivity index (χ1n) is 10.3. The Labute approximate surface area is 199 Å². The molecule has 1 atom stereocenters. The fourth-order valence-corrected chi connectivity index (χ4v) is 4.00. The van der Waals surface area contributed by atoms with Crippen LogP contribution in [0.1, 0.15) is 12.5 Å². The standard InChI is InChI=1S/C22H25F3N6O2S/c1-22(12-23,34-21(26)29-13-24)10-14-9-15(3-4-16(14)25)30-20-19-17(5-6-27-20)31-18(11-28-19)33-8-7-32-2/h3-6,9,11H,7-8,10,12-13H2,1-2H3,(H2,26,29)(H,27,30)/t22-/m1/s1. The van der Waals surface area contributed by atoms with Crippen LogP contribution in [0, 0.1) is 5.82 Å². The first-order valence-corrected chi connectivity index (χ1v) is 11.1. The van der Waals surface area contributed by atoms with E-state index in [1.165, 1.54) is 18.3 Å². The zero-order valence-corrected chi connectivity index (χ0v) is 19.5. The number of nitrogens with one attached hydrogen (secondary N) is 1. The third-order valence-corrected chi connectivity index (χ3v) is 5.78. The van der Waals surface area contributed by atoms with Gasteiger partial charge in [-0.3, -0.25) is 0 Å². The Balaban J connectivity index is 1.82. The van der Waals surface area contributed by atoms with Crippen LogP contribution in [0.25, 0.3) is 11.0 Å². The van der Waals surface area contributed by atoms with Crippen molar-refractivity contribution in [3.8, 4) is 5.88 Å². The van der Waals surface area contributed by atoms with Crippen molar-refractivity contribution in [3.05, 3.63) is 48.0 Å². The normalized spacial score (nSPS) is 13.6. The van der Waals surface area contributed by atoms with E-state index in [0.29, 0.717) is 41.6 Å². The van der Waals surface area contributed by atoms with Crippen molar-refractivity contribution in [2.24, 2.45) is 10.7 Å². The number of pyridine rings is 1. The molecule has 0 aliphatic heterocycles. The smallest absolute Gasteiger partial charge is 0.232 e. The van der Waals surface area contributed by atoms with Crippen LogP contribution in [0.3, 0.4) is 0 Å². The van der Waals surface area contributed by atoms with Crippen LogP contribution in [0.2, 0.25) is 0 Å². The van der Waals surface area contributed by atoms with Gasteiger partial charge in [0.15, 0.2) is 17.8 Å². The molecule has 0 amide bonds. The highest BCUT2D eigenvalue weighted by Gasteiger charge is 2.29. The second-order valence-electron chi connectivity index (χ2n) is 7.49. The predicted molar refractivity (Wildman–Crippen MR) is 128 cm³/mol. The number of thioether (sulfide) groups is 1. The van der Waals surface area contributed by atoms with Gasteiger partial charge < -0.3 is 20.5 Å². The Hall–Kier alpha value is -3.12. The van der Waals surface area contributed by atoms with Gasteiger partial charge in [0.25, 0.3) is 0 Å². The number of aliphatic imine (C=N–C) groups is 1. The summed E-state index contributed by atoms with van der Waals surface area (Å²) in [7, 11) is 1.58. The number of ether oxygens (including phenoxy) is 2. The largest absolute Gasteiger partial charge is 0.474 e. The first kappa shape index (κ1) is 25.5. The van der Waals surface area contributed by atoms with Gasteiger partial charge >= 0.3 is 0 Å². The predicted octanol–water partition coefficient (Wildman–Crippen LogP) is 4.18. The molecular formula is C22H25F3N6O2S. The molecule has 0 aliphatic rings. The molecule has 0 saturated heterocycles. The molecule has 0 aliphatic carbocycles. The fourth-order valence-electron chi connectivity index (χ4n) is 3.10. The number of nitrogens with zero attached hydrogens (tertiary/aromatic N) is 4. The minimum Gasteiger partial charge on any atom is -0.474 e. The summed E-state index contributed by atoms with van der Waals surface area (Å²) in [4.78, 5) is 16.5. The van der Waals surface area contributed by atoms with Crippen LogP contribution >= 0.6 is 11.8 Å². The topological polar surface area (TPSA) is 108 Å². The molecule has 2 aromatic heterocycles. The summed E-state index contributed by atoms with van der Waals surface area (Å²) < 4.78 is 50.1. The molecule has 34 heavy (non-hydrogen) atoms. The second-order valence-corrected chi connectivity index (χ2v) is 9.09. The summed E-state index contributed by atoms with van der Waals surface area (Å²) in [6, 6.07) is 6.06. The van der Waals surface area contributed by atoms with E-state index in [9.17, 15) is 13.2 Å². The van der Waals surface area contributed by atoms with Crippen molar-refractivity contribution in [3.63, 3.8) is 0 Å². The van der Waals surface area contributed by atoms with Crippen molar-refractivity contribution in [2.45, 2.75) is 18.1 Å². The summed E-state index contributed by atoms with van der Waals surface area (Å²) in [5.74, 6) is 0.257. The van der Waals surface area contributed by atoms with Crippen LogP contribution < -0.4 is 15.8 Å². The van der Waals surface area contributed by atoms with E-state index in [0.717, 1.165) is 11.8 Å². The minimum atomic E-state index is -1.12. The number of hydrogen-bond donors (Lipinski definition) is 2. The highest BCUT2D eigenvalue weighted by atomic mass is 32.2. The Morgan fingerprint density at radius 2 is 2.06 bits per heavy atom. The van der Waals surface area contributed by atoms with Gasteiger partial charge in [-0.25, -0.2) is 33.1 Å². The molecule has 2 heterocycles. The number of halogens is 3. The second kappa shape index (κ2) is 11.8. The number of nitrogens with two attached hydrogens (primary N) is 1. The lowest BCUT2D eigenvalue weighted by Gasteiger charge is -2.25.